The molecule has 0 N–H and O–H groups in total. The SMILES string of the molecule is CC=CCOCc1ccc(C2CCC(C3CCC(/C=C/CC)CC3)CC2)cc1. The molecule has 3 rings (SSSR count). The summed E-state index contributed by atoms with van der Waals surface area (Å²) in [6.45, 7) is 5.70. The molecule has 2 saturated carbocycles. The lowest BCUT2D eigenvalue weighted by Crippen LogP contribution is -2.25. The Labute approximate surface area is 173 Å². The van der Waals surface area contributed by atoms with Crippen LogP contribution in [0.4, 0.5) is 0 Å². The van der Waals surface area contributed by atoms with E-state index in [9.17, 15) is 0 Å². The van der Waals surface area contributed by atoms with Crippen molar-refractivity contribution in [2.75, 3.05) is 6.61 Å². The van der Waals surface area contributed by atoms with Crippen molar-refractivity contribution < 1.29 is 4.74 Å². The van der Waals surface area contributed by atoms with Gasteiger partial charge in [-0.25, -0.2) is 0 Å². The van der Waals surface area contributed by atoms with E-state index in [-0.39, 0.29) is 0 Å². The van der Waals surface area contributed by atoms with Gasteiger partial charge in [0.05, 0.1) is 13.2 Å². The van der Waals surface area contributed by atoms with Crippen LogP contribution in [0.25, 0.3) is 0 Å². The molecule has 154 valence electrons. The Morgan fingerprint density at radius 1 is 0.857 bits per heavy atom. The zero-order valence-electron chi connectivity index (χ0n) is 18.1. The number of hydrogen-bond acceptors (Lipinski definition) is 1. The van der Waals surface area contributed by atoms with E-state index in [1.54, 1.807) is 5.56 Å². The highest BCUT2D eigenvalue weighted by atomic mass is 16.5. The second-order valence-electron chi connectivity index (χ2n) is 8.95. The van der Waals surface area contributed by atoms with Gasteiger partial charge in [0.1, 0.15) is 0 Å². The van der Waals surface area contributed by atoms with Gasteiger partial charge in [-0.2, -0.15) is 0 Å². The molecule has 2 fully saturated rings. The van der Waals surface area contributed by atoms with Crippen molar-refractivity contribution in [3.05, 3.63) is 59.7 Å². The van der Waals surface area contributed by atoms with Crippen LogP contribution < -0.4 is 0 Å². The predicted molar refractivity (Wildman–Crippen MR) is 120 cm³/mol. The Hall–Kier alpha value is -1.34. The van der Waals surface area contributed by atoms with Crippen LogP contribution in [-0.4, -0.2) is 6.61 Å². The fourth-order valence-electron chi connectivity index (χ4n) is 5.29. The lowest BCUT2D eigenvalue weighted by Gasteiger charge is -2.37. The second-order valence-corrected chi connectivity index (χ2v) is 8.95. The van der Waals surface area contributed by atoms with Crippen molar-refractivity contribution in [2.24, 2.45) is 17.8 Å². The van der Waals surface area contributed by atoms with E-state index < -0.39 is 0 Å². The van der Waals surface area contributed by atoms with Crippen LogP contribution in [0.1, 0.15) is 88.7 Å². The molecule has 0 amide bonds. The van der Waals surface area contributed by atoms with Crippen molar-refractivity contribution in [2.45, 2.75) is 84.2 Å². The van der Waals surface area contributed by atoms with Crippen molar-refractivity contribution in [3.63, 3.8) is 0 Å². The van der Waals surface area contributed by atoms with Crippen molar-refractivity contribution in [1.29, 1.82) is 0 Å². The van der Waals surface area contributed by atoms with E-state index >= 15 is 0 Å². The fraction of sp³-hybridized carbons (Fsp3) is 0.630. The van der Waals surface area contributed by atoms with Crippen molar-refractivity contribution in [1.82, 2.24) is 0 Å². The third-order valence-electron chi connectivity index (χ3n) is 7.07. The monoisotopic (exact) mass is 380 g/mol. The Bertz CT molecular complexity index is 596. The zero-order chi connectivity index (χ0) is 19.6. The van der Waals surface area contributed by atoms with Crippen molar-refractivity contribution >= 4 is 0 Å². The Morgan fingerprint density at radius 3 is 2.11 bits per heavy atom. The van der Waals surface area contributed by atoms with Crippen molar-refractivity contribution in [3.8, 4) is 0 Å². The molecule has 2 aliphatic carbocycles. The minimum atomic E-state index is 0.707. The quantitative estimate of drug-likeness (QED) is 0.330. The van der Waals surface area contributed by atoms with Crippen LogP contribution in [0.3, 0.4) is 0 Å². The van der Waals surface area contributed by atoms with Gasteiger partial charge in [-0.15, -0.1) is 0 Å². The number of rotatable bonds is 8. The first-order valence-corrected chi connectivity index (χ1v) is 11.7. The summed E-state index contributed by atoms with van der Waals surface area (Å²) in [5, 5.41) is 0. The summed E-state index contributed by atoms with van der Waals surface area (Å²) in [4.78, 5) is 0. The largest absolute Gasteiger partial charge is 0.373 e. The van der Waals surface area contributed by atoms with E-state index in [1.165, 1.54) is 63.4 Å². The molecule has 0 aromatic heterocycles. The van der Waals surface area contributed by atoms with Gasteiger partial charge < -0.3 is 4.74 Å². The molecule has 0 spiro atoms. The van der Waals surface area contributed by atoms with Gasteiger partial charge in [-0.1, -0.05) is 55.5 Å². The molecule has 0 saturated heterocycles. The van der Waals surface area contributed by atoms with Gasteiger partial charge in [0.15, 0.2) is 0 Å². The van der Waals surface area contributed by atoms with Gasteiger partial charge in [-0.3, -0.25) is 0 Å². The van der Waals surface area contributed by atoms with Gasteiger partial charge >= 0.3 is 0 Å². The lowest BCUT2D eigenvalue weighted by atomic mass is 9.68. The highest BCUT2D eigenvalue weighted by Gasteiger charge is 2.30. The standard InChI is InChI=1S/C27H40O/c1-3-5-7-22-8-12-24(13-9-22)26-16-18-27(19-17-26)25-14-10-23(11-15-25)21-28-20-6-4-2/h4-7,10-11,14-15,22,24,26-27H,3,8-9,12-13,16-21H2,1-2H3/b6-4?,7-5+. The van der Waals surface area contributed by atoms with E-state index in [0.717, 1.165) is 23.7 Å². The second kappa shape index (κ2) is 11.6. The summed E-state index contributed by atoms with van der Waals surface area (Å²) >= 11 is 0. The summed E-state index contributed by atoms with van der Waals surface area (Å²) in [7, 11) is 0. The van der Waals surface area contributed by atoms with Crippen LogP contribution in [-0.2, 0) is 11.3 Å². The summed E-state index contributed by atoms with van der Waals surface area (Å²) in [6, 6.07) is 9.24. The zero-order valence-corrected chi connectivity index (χ0v) is 18.1. The van der Waals surface area contributed by atoms with E-state index in [0.29, 0.717) is 13.2 Å². The maximum absolute atomic E-state index is 5.66. The van der Waals surface area contributed by atoms with Crippen LogP contribution in [0.5, 0.6) is 0 Å². The maximum atomic E-state index is 5.66. The summed E-state index contributed by atoms with van der Waals surface area (Å²) in [6.07, 6.45) is 21.6. The van der Waals surface area contributed by atoms with Gasteiger partial charge in [0.25, 0.3) is 0 Å². The topological polar surface area (TPSA) is 9.23 Å². The Morgan fingerprint density at radius 2 is 1.50 bits per heavy atom. The molecule has 1 heteroatoms. The summed E-state index contributed by atoms with van der Waals surface area (Å²) in [5.74, 6) is 3.64. The highest BCUT2D eigenvalue weighted by molar-refractivity contribution is 5.25. The molecular formula is C27H40O. The molecule has 0 unspecified atom stereocenters. The minimum absolute atomic E-state index is 0.707. The van der Waals surface area contributed by atoms with Gasteiger partial charge in [0, 0.05) is 0 Å². The van der Waals surface area contributed by atoms with E-state index in [4.69, 9.17) is 4.74 Å². The molecule has 2 aliphatic rings. The van der Waals surface area contributed by atoms with E-state index in [2.05, 4.69) is 49.4 Å². The molecule has 1 nitrogen and oxygen atoms in total. The van der Waals surface area contributed by atoms with Crippen LogP contribution >= 0.6 is 0 Å². The average Bonchev–Trinajstić information content (AvgIpc) is 2.76. The molecule has 28 heavy (non-hydrogen) atoms. The van der Waals surface area contributed by atoms with Gasteiger partial charge in [0.2, 0.25) is 0 Å². The molecule has 1 aromatic rings. The lowest BCUT2D eigenvalue weighted by molar-refractivity contribution is 0.148. The normalized spacial score (nSPS) is 28.9. The molecule has 0 bridgehead atoms. The first-order chi connectivity index (χ1) is 13.8. The summed E-state index contributed by atoms with van der Waals surface area (Å²) < 4.78 is 5.66. The first-order valence-electron chi connectivity index (χ1n) is 11.7. The van der Waals surface area contributed by atoms with E-state index in [1.807, 2.05) is 13.0 Å². The first kappa shape index (κ1) is 21.4. The number of allylic oxidation sites excluding steroid dienone is 3. The number of hydrogen-bond donors (Lipinski definition) is 0. The van der Waals surface area contributed by atoms with Gasteiger partial charge in [-0.05, 0) is 99.5 Å². The minimum Gasteiger partial charge on any atom is -0.373 e. The Kier molecular flexibility index (Phi) is 8.86. The number of benzene rings is 1. The smallest absolute Gasteiger partial charge is 0.0721 e. The molecule has 0 atom stereocenters. The molecular weight excluding hydrogens is 340 g/mol. The third-order valence-corrected chi connectivity index (χ3v) is 7.07. The third kappa shape index (κ3) is 6.34. The molecule has 0 aliphatic heterocycles. The fourth-order valence-corrected chi connectivity index (χ4v) is 5.29. The average molecular weight is 381 g/mol. The predicted octanol–water partition coefficient (Wildman–Crippen LogP) is 7.83. The highest BCUT2D eigenvalue weighted by Crippen LogP contribution is 2.44. The molecule has 1 aromatic carbocycles. The number of ether oxygens (including phenoxy) is 1. The van der Waals surface area contributed by atoms with Crippen LogP contribution in [0.15, 0.2) is 48.6 Å². The van der Waals surface area contributed by atoms with Crippen LogP contribution in [0.2, 0.25) is 0 Å². The molecule has 0 heterocycles. The Balaban J connectivity index is 1.41. The summed E-state index contributed by atoms with van der Waals surface area (Å²) in [5.41, 5.74) is 2.83. The van der Waals surface area contributed by atoms with Crippen LogP contribution in [0, 0.1) is 17.8 Å². The maximum Gasteiger partial charge on any atom is 0.0721 e. The molecule has 0 radical (unpaired) electrons.